The second-order valence-electron chi connectivity index (χ2n) is 3.59. The predicted octanol–water partition coefficient (Wildman–Crippen LogP) is 0.244. The fourth-order valence-electron chi connectivity index (χ4n) is 1.26. The average Bonchev–Trinajstić information content (AvgIpc) is 3.01. The van der Waals surface area contributed by atoms with E-state index in [-0.39, 0.29) is 5.91 Å². The van der Waals surface area contributed by atoms with Crippen LogP contribution in [-0.4, -0.2) is 28.8 Å². The molecule has 4 heteroatoms. The predicted molar refractivity (Wildman–Crippen MR) is 57.0 cm³/mol. The van der Waals surface area contributed by atoms with Gasteiger partial charge in [0.2, 0.25) is 0 Å². The van der Waals surface area contributed by atoms with Gasteiger partial charge in [-0.05, 0) is 0 Å². The molecule has 1 aliphatic rings. The molecule has 1 amide bonds. The number of benzene rings is 1. The summed E-state index contributed by atoms with van der Waals surface area (Å²) in [6.07, 6.45) is 2.16. The zero-order valence-electron chi connectivity index (χ0n) is 8.03. The van der Waals surface area contributed by atoms with Crippen molar-refractivity contribution in [3.8, 4) is 6.07 Å². The van der Waals surface area contributed by atoms with Crippen LogP contribution in [0.3, 0.4) is 0 Å². The van der Waals surface area contributed by atoms with Gasteiger partial charge in [0.25, 0.3) is 0 Å². The first-order valence-electron chi connectivity index (χ1n) is 4.74. The minimum absolute atomic E-state index is 0.0470. The standard InChI is InChI=1S/C11H9AsN2O/c12-10-5-7(1-2-8(10)6-13)11(15)14-9-3-4-9/h1-2,5,9H,3-4H2,(H,14,15). The molecule has 0 saturated heterocycles. The Kier molecular flexibility index (Phi) is 2.79. The molecule has 0 aliphatic heterocycles. The fourth-order valence-corrected chi connectivity index (χ4v) is 1.82. The molecule has 15 heavy (non-hydrogen) atoms. The molecule has 2 radical (unpaired) electrons. The molecule has 0 atom stereocenters. The number of amides is 1. The number of carbonyl (C=O) groups is 1. The molecule has 1 aliphatic carbocycles. The molecule has 1 saturated carbocycles. The number of nitriles is 1. The summed E-state index contributed by atoms with van der Waals surface area (Å²) < 4.78 is 0.786. The van der Waals surface area contributed by atoms with Crippen molar-refractivity contribution >= 4 is 27.1 Å². The summed E-state index contributed by atoms with van der Waals surface area (Å²) in [7, 11) is 0. The Morgan fingerprint density at radius 2 is 2.27 bits per heavy atom. The van der Waals surface area contributed by atoms with Gasteiger partial charge >= 0.3 is 96.8 Å². The summed E-state index contributed by atoms with van der Waals surface area (Å²) in [5.41, 5.74) is 1.22. The van der Waals surface area contributed by atoms with E-state index in [0.29, 0.717) is 17.2 Å². The second kappa shape index (κ2) is 4.08. The van der Waals surface area contributed by atoms with E-state index in [4.69, 9.17) is 5.26 Å². The van der Waals surface area contributed by atoms with Crippen LogP contribution in [0.5, 0.6) is 0 Å². The molecule has 0 heterocycles. The van der Waals surface area contributed by atoms with Crippen molar-refractivity contribution < 1.29 is 4.79 Å². The summed E-state index contributed by atoms with van der Waals surface area (Å²) in [6.45, 7) is 0. The van der Waals surface area contributed by atoms with Gasteiger partial charge in [0, 0.05) is 0 Å². The first-order chi connectivity index (χ1) is 7.20. The number of nitrogens with zero attached hydrogens (tertiary/aromatic N) is 1. The third-order valence-corrected chi connectivity index (χ3v) is 3.07. The van der Waals surface area contributed by atoms with Crippen LogP contribution in [0, 0.1) is 11.3 Å². The second-order valence-corrected chi connectivity index (χ2v) is 4.60. The van der Waals surface area contributed by atoms with Gasteiger partial charge in [-0.3, -0.25) is 0 Å². The number of hydrogen-bond acceptors (Lipinski definition) is 2. The summed E-state index contributed by atoms with van der Waals surface area (Å²) in [5.74, 6) is -0.0470. The third kappa shape index (κ3) is 2.40. The van der Waals surface area contributed by atoms with Crippen LogP contribution >= 0.6 is 0 Å². The van der Waals surface area contributed by atoms with Crippen molar-refractivity contribution in [1.82, 2.24) is 5.32 Å². The van der Waals surface area contributed by atoms with Crippen molar-refractivity contribution in [2.45, 2.75) is 18.9 Å². The van der Waals surface area contributed by atoms with Crippen LogP contribution in [0.1, 0.15) is 28.8 Å². The summed E-state index contributed by atoms with van der Waals surface area (Å²) in [4.78, 5) is 11.6. The SMILES string of the molecule is N#Cc1ccc(C(=O)NC2CC2)cc1[As]. The molecule has 0 bridgehead atoms. The van der Waals surface area contributed by atoms with E-state index >= 15 is 0 Å². The molecule has 1 aromatic carbocycles. The quantitative estimate of drug-likeness (QED) is 0.775. The van der Waals surface area contributed by atoms with Gasteiger partial charge in [0.15, 0.2) is 0 Å². The third-order valence-electron chi connectivity index (χ3n) is 2.29. The molecule has 0 spiro atoms. The molecule has 74 valence electrons. The van der Waals surface area contributed by atoms with Crippen LogP contribution in [0.25, 0.3) is 0 Å². The van der Waals surface area contributed by atoms with Crippen molar-refractivity contribution in [1.29, 1.82) is 5.26 Å². The van der Waals surface area contributed by atoms with Gasteiger partial charge in [-0.1, -0.05) is 0 Å². The van der Waals surface area contributed by atoms with E-state index in [0.717, 1.165) is 17.2 Å². The van der Waals surface area contributed by atoms with E-state index < -0.39 is 0 Å². The first-order valence-corrected chi connectivity index (χ1v) is 5.68. The molecule has 1 fully saturated rings. The van der Waals surface area contributed by atoms with Gasteiger partial charge in [-0.2, -0.15) is 0 Å². The van der Waals surface area contributed by atoms with Crippen LogP contribution in [0.15, 0.2) is 18.2 Å². The molecular formula is C11H9AsN2O. The van der Waals surface area contributed by atoms with Crippen LogP contribution < -0.4 is 9.67 Å². The topological polar surface area (TPSA) is 52.9 Å². The number of carbonyl (C=O) groups excluding carboxylic acids is 1. The van der Waals surface area contributed by atoms with Crippen molar-refractivity contribution in [3.63, 3.8) is 0 Å². The summed E-state index contributed by atoms with van der Waals surface area (Å²) >= 11 is 2.31. The zero-order valence-corrected chi connectivity index (χ0v) is 9.90. The Morgan fingerprint density at radius 1 is 1.53 bits per heavy atom. The van der Waals surface area contributed by atoms with E-state index in [2.05, 4.69) is 28.2 Å². The van der Waals surface area contributed by atoms with Gasteiger partial charge in [0.1, 0.15) is 0 Å². The molecule has 1 aromatic rings. The fraction of sp³-hybridized carbons (Fsp3) is 0.273. The van der Waals surface area contributed by atoms with Gasteiger partial charge in [-0.25, -0.2) is 0 Å². The molecule has 3 nitrogen and oxygen atoms in total. The van der Waals surface area contributed by atoms with Crippen LogP contribution in [0.4, 0.5) is 0 Å². The Bertz CT molecular complexity index is 446. The number of rotatable bonds is 2. The number of nitrogens with one attached hydrogen (secondary N) is 1. The van der Waals surface area contributed by atoms with E-state index in [1.54, 1.807) is 18.2 Å². The van der Waals surface area contributed by atoms with Crippen molar-refractivity contribution in [2.24, 2.45) is 0 Å². The minimum atomic E-state index is -0.0470. The molecule has 0 unspecified atom stereocenters. The van der Waals surface area contributed by atoms with E-state index in [1.807, 2.05) is 0 Å². The van der Waals surface area contributed by atoms with Crippen LogP contribution in [-0.2, 0) is 0 Å². The van der Waals surface area contributed by atoms with Gasteiger partial charge in [-0.15, -0.1) is 0 Å². The molecular weight excluding hydrogens is 251 g/mol. The Balaban J connectivity index is 2.18. The molecule has 1 N–H and O–H groups in total. The Labute approximate surface area is 97.0 Å². The van der Waals surface area contributed by atoms with E-state index in [9.17, 15) is 4.79 Å². The Morgan fingerprint density at radius 3 is 2.80 bits per heavy atom. The van der Waals surface area contributed by atoms with E-state index in [1.165, 1.54) is 0 Å². The summed E-state index contributed by atoms with van der Waals surface area (Å²) in [6, 6.07) is 7.53. The molecule has 0 aromatic heterocycles. The first kappa shape index (κ1) is 10.3. The maximum absolute atomic E-state index is 11.6. The average molecular weight is 260 g/mol. The number of hydrogen-bond donors (Lipinski definition) is 1. The van der Waals surface area contributed by atoms with Crippen molar-refractivity contribution in [3.05, 3.63) is 29.3 Å². The van der Waals surface area contributed by atoms with Crippen molar-refractivity contribution in [2.75, 3.05) is 0 Å². The molecule has 2 rings (SSSR count). The van der Waals surface area contributed by atoms with Crippen LogP contribution in [0.2, 0.25) is 0 Å². The zero-order chi connectivity index (χ0) is 10.8. The normalized spacial score (nSPS) is 14.4. The van der Waals surface area contributed by atoms with Gasteiger partial charge in [0.05, 0.1) is 0 Å². The monoisotopic (exact) mass is 260 g/mol. The Hall–Kier alpha value is -1.26. The summed E-state index contributed by atoms with van der Waals surface area (Å²) in [5, 5.41) is 11.6. The maximum atomic E-state index is 11.6. The van der Waals surface area contributed by atoms with Gasteiger partial charge < -0.3 is 0 Å².